The van der Waals surface area contributed by atoms with Crippen LogP contribution in [0.15, 0.2) is 71.6 Å². The molecule has 0 radical (unpaired) electrons. The molecule has 3 N–H and O–H groups in total. The smallest absolute Gasteiger partial charge is 0.417 e. The van der Waals surface area contributed by atoms with Gasteiger partial charge in [0.2, 0.25) is 10.0 Å². The average Bonchev–Trinajstić information content (AvgIpc) is 2.68. The van der Waals surface area contributed by atoms with Crippen LogP contribution in [0.4, 0.5) is 18.9 Å². The number of rotatable bonds is 5. The van der Waals surface area contributed by atoms with Crippen molar-refractivity contribution in [3.05, 3.63) is 82.9 Å². The third kappa shape index (κ3) is 5.35. The standard InChI is InChI=1S/C20H14ClF3N2O4S/c21-15-8-1-2-9-16(15)30-17-10-4-7-14(20(22,23)24)18(17)19(27)26-12-5-3-6-13(11-12)31(25,28)29/h1-11H,(H,26,27)(H2,25,28,29). The van der Waals surface area contributed by atoms with Gasteiger partial charge in [0.1, 0.15) is 11.5 Å². The number of anilines is 1. The number of nitrogens with two attached hydrogens (primary N) is 1. The molecule has 11 heteroatoms. The Balaban J connectivity index is 2.06. The van der Waals surface area contributed by atoms with E-state index in [9.17, 15) is 26.4 Å². The first-order chi connectivity index (χ1) is 14.5. The molecule has 0 atom stereocenters. The molecule has 0 bridgehead atoms. The van der Waals surface area contributed by atoms with Crippen molar-refractivity contribution < 1.29 is 31.1 Å². The highest BCUT2D eigenvalue weighted by atomic mass is 35.5. The molecule has 0 heterocycles. The van der Waals surface area contributed by atoms with Crippen LogP contribution in [-0.2, 0) is 16.2 Å². The molecule has 1 amide bonds. The molecule has 0 aliphatic heterocycles. The van der Waals surface area contributed by atoms with E-state index in [1.54, 1.807) is 12.1 Å². The molecular formula is C20H14ClF3N2O4S. The SMILES string of the molecule is NS(=O)(=O)c1cccc(NC(=O)c2c(Oc3ccccc3Cl)cccc2C(F)(F)F)c1. The Labute approximate surface area is 180 Å². The van der Waals surface area contributed by atoms with Crippen LogP contribution in [0.3, 0.4) is 0 Å². The maximum atomic E-state index is 13.6. The molecule has 3 aromatic carbocycles. The summed E-state index contributed by atoms with van der Waals surface area (Å²) in [5.41, 5.74) is -2.11. The predicted octanol–water partition coefficient (Wildman–Crippen LogP) is 5.05. The largest absolute Gasteiger partial charge is 0.455 e. The molecule has 0 aromatic heterocycles. The number of para-hydroxylation sites is 1. The molecule has 0 aliphatic carbocycles. The fourth-order valence-electron chi connectivity index (χ4n) is 2.68. The van der Waals surface area contributed by atoms with Crippen LogP contribution in [0.2, 0.25) is 5.02 Å². The van der Waals surface area contributed by atoms with Crippen molar-refractivity contribution in [2.75, 3.05) is 5.32 Å². The summed E-state index contributed by atoms with van der Waals surface area (Å²) in [5, 5.41) is 7.43. The summed E-state index contributed by atoms with van der Waals surface area (Å²) in [6, 6.07) is 13.9. The Morgan fingerprint density at radius 2 is 1.61 bits per heavy atom. The number of amides is 1. The lowest BCUT2D eigenvalue weighted by atomic mass is 10.0. The summed E-state index contributed by atoms with van der Waals surface area (Å²) in [5.74, 6) is -1.50. The monoisotopic (exact) mass is 470 g/mol. The van der Waals surface area contributed by atoms with Gasteiger partial charge in [0.05, 0.1) is 21.0 Å². The third-order valence-electron chi connectivity index (χ3n) is 4.04. The van der Waals surface area contributed by atoms with E-state index >= 15 is 0 Å². The van der Waals surface area contributed by atoms with Gasteiger partial charge in [0.25, 0.3) is 5.91 Å². The minimum absolute atomic E-state index is 0.0498. The molecule has 3 rings (SSSR count). The number of alkyl halides is 3. The molecule has 0 fully saturated rings. The van der Waals surface area contributed by atoms with E-state index < -0.39 is 33.2 Å². The number of hydrogen-bond acceptors (Lipinski definition) is 4. The Morgan fingerprint density at radius 3 is 2.26 bits per heavy atom. The quantitative estimate of drug-likeness (QED) is 0.545. The van der Waals surface area contributed by atoms with Gasteiger partial charge in [0, 0.05) is 5.69 Å². The van der Waals surface area contributed by atoms with E-state index in [1.165, 1.54) is 36.4 Å². The summed E-state index contributed by atoms with van der Waals surface area (Å²) in [6.07, 6.45) is -4.87. The van der Waals surface area contributed by atoms with Crippen LogP contribution >= 0.6 is 11.6 Å². The second-order valence-corrected chi connectivity index (χ2v) is 8.20. The summed E-state index contributed by atoms with van der Waals surface area (Å²) < 4.78 is 69.3. The van der Waals surface area contributed by atoms with Crippen LogP contribution in [0.25, 0.3) is 0 Å². The van der Waals surface area contributed by atoms with Crippen LogP contribution in [0.5, 0.6) is 11.5 Å². The number of nitrogens with one attached hydrogen (secondary N) is 1. The Hall–Kier alpha value is -3.08. The van der Waals surface area contributed by atoms with Crippen molar-refractivity contribution in [3.63, 3.8) is 0 Å². The van der Waals surface area contributed by atoms with Gasteiger partial charge in [0.15, 0.2) is 0 Å². The first-order valence-corrected chi connectivity index (χ1v) is 10.5. The van der Waals surface area contributed by atoms with Crippen molar-refractivity contribution in [2.45, 2.75) is 11.1 Å². The highest BCUT2D eigenvalue weighted by Gasteiger charge is 2.37. The van der Waals surface area contributed by atoms with Crippen molar-refractivity contribution in [1.82, 2.24) is 0 Å². The van der Waals surface area contributed by atoms with Crippen LogP contribution in [0, 0.1) is 0 Å². The molecule has 31 heavy (non-hydrogen) atoms. The number of carbonyl (C=O) groups excluding carboxylic acids is 1. The van der Waals surface area contributed by atoms with Gasteiger partial charge in [-0.3, -0.25) is 4.79 Å². The summed E-state index contributed by atoms with van der Waals surface area (Å²) in [6.45, 7) is 0. The maximum absolute atomic E-state index is 13.6. The van der Waals surface area contributed by atoms with Crippen molar-refractivity contribution >= 4 is 33.2 Å². The minimum atomic E-state index is -4.87. The van der Waals surface area contributed by atoms with E-state index in [2.05, 4.69) is 5.32 Å². The number of primary sulfonamides is 1. The number of sulfonamides is 1. The number of ether oxygens (including phenoxy) is 1. The summed E-state index contributed by atoms with van der Waals surface area (Å²) >= 11 is 6.01. The molecule has 0 aliphatic rings. The topological polar surface area (TPSA) is 98.5 Å². The Kier molecular flexibility index (Phi) is 6.25. The molecule has 162 valence electrons. The zero-order valence-electron chi connectivity index (χ0n) is 15.5. The van der Waals surface area contributed by atoms with Crippen LogP contribution in [-0.4, -0.2) is 14.3 Å². The normalized spacial score (nSPS) is 11.8. The first kappa shape index (κ1) is 22.6. The summed E-state index contributed by atoms with van der Waals surface area (Å²) in [7, 11) is -4.08. The van der Waals surface area contributed by atoms with Crippen molar-refractivity contribution in [2.24, 2.45) is 5.14 Å². The molecular weight excluding hydrogens is 457 g/mol. The molecule has 0 unspecified atom stereocenters. The van der Waals surface area contributed by atoms with Gasteiger partial charge in [-0.1, -0.05) is 35.9 Å². The lowest BCUT2D eigenvalue weighted by Crippen LogP contribution is -2.20. The van der Waals surface area contributed by atoms with Crippen LogP contribution < -0.4 is 15.2 Å². The molecule has 0 spiro atoms. The number of halogens is 4. The second kappa shape index (κ2) is 8.58. The maximum Gasteiger partial charge on any atom is 0.417 e. The highest BCUT2D eigenvalue weighted by molar-refractivity contribution is 7.89. The third-order valence-corrected chi connectivity index (χ3v) is 5.26. The summed E-state index contributed by atoms with van der Waals surface area (Å²) in [4.78, 5) is 12.5. The van der Waals surface area contributed by atoms with E-state index in [-0.39, 0.29) is 27.1 Å². The molecule has 6 nitrogen and oxygen atoms in total. The van der Waals surface area contributed by atoms with Gasteiger partial charge < -0.3 is 10.1 Å². The van der Waals surface area contributed by atoms with Gasteiger partial charge in [-0.2, -0.15) is 13.2 Å². The number of carbonyl (C=O) groups is 1. The zero-order valence-corrected chi connectivity index (χ0v) is 17.1. The Morgan fingerprint density at radius 1 is 0.968 bits per heavy atom. The molecule has 0 saturated carbocycles. The molecule has 0 saturated heterocycles. The number of benzene rings is 3. The van der Waals surface area contributed by atoms with Gasteiger partial charge in [-0.15, -0.1) is 0 Å². The highest BCUT2D eigenvalue weighted by Crippen LogP contribution is 2.39. The van der Waals surface area contributed by atoms with Crippen molar-refractivity contribution in [3.8, 4) is 11.5 Å². The lowest BCUT2D eigenvalue weighted by Gasteiger charge is -2.17. The zero-order chi connectivity index (χ0) is 22.8. The lowest BCUT2D eigenvalue weighted by molar-refractivity contribution is -0.138. The molecule has 3 aromatic rings. The Bertz CT molecular complexity index is 1250. The van der Waals surface area contributed by atoms with Gasteiger partial charge >= 0.3 is 6.18 Å². The fourth-order valence-corrected chi connectivity index (χ4v) is 3.41. The predicted molar refractivity (Wildman–Crippen MR) is 109 cm³/mol. The van der Waals surface area contributed by atoms with Crippen molar-refractivity contribution in [1.29, 1.82) is 0 Å². The fraction of sp³-hybridized carbons (Fsp3) is 0.0500. The first-order valence-electron chi connectivity index (χ1n) is 8.53. The average molecular weight is 471 g/mol. The van der Waals surface area contributed by atoms with Crippen LogP contribution in [0.1, 0.15) is 15.9 Å². The second-order valence-electron chi connectivity index (χ2n) is 6.24. The van der Waals surface area contributed by atoms with Gasteiger partial charge in [-0.25, -0.2) is 13.6 Å². The van der Waals surface area contributed by atoms with E-state index in [0.717, 1.165) is 18.2 Å². The van der Waals surface area contributed by atoms with Gasteiger partial charge in [-0.05, 0) is 42.5 Å². The van der Waals surface area contributed by atoms with E-state index in [0.29, 0.717) is 0 Å². The van der Waals surface area contributed by atoms with E-state index in [4.69, 9.17) is 21.5 Å². The minimum Gasteiger partial charge on any atom is -0.455 e. The number of hydrogen-bond donors (Lipinski definition) is 2. The van der Waals surface area contributed by atoms with E-state index in [1.807, 2.05) is 0 Å².